The first kappa shape index (κ1) is 21.9. The lowest BCUT2D eigenvalue weighted by molar-refractivity contribution is -0.137. The van der Waals surface area contributed by atoms with Gasteiger partial charge in [-0.3, -0.25) is 4.79 Å². The molecule has 0 unspecified atom stereocenters. The molecule has 1 amide bonds. The molecule has 0 fully saturated rings. The van der Waals surface area contributed by atoms with E-state index in [1.807, 2.05) is 6.92 Å². The Hall–Kier alpha value is -2.79. The van der Waals surface area contributed by atoms with Crippen molar-refractivity contribution in [3.63, 3.8) is 0 Å². The van der Waals surface area contributed by atoms with Crippen molar-refractivity contribution in [2.24, 2.45) is 0 Å². The molecule has 7 nitrogen and oxygen atoms in total. The highest BCUT2D eigenvalue weighted by atomic mass is 35.5. The predicted molar refractivity (Wildman–Crippen MR) is 106 cm³/mol. The first-order valence-corrected chi connectivity index (χ1v) is 9.96. The van der Waals surface area contributed by atoms with Crippen LogP contribution in [0.25, 0.3) is 5.69 Å². The number of halogens is 4. The summed E-state index contributed by atoms with van der Waals surface area (Å²) in [7, 11) is 0. The largest absolute Gasteiger partial charge is 0.492 e. The molecule has 12 heteroatoms. The van der Waals surface area contributed by atoms with Crippen LogP contribution in [0.2, 0.25) is 5.02 Å². The summed E-state index contributed by atoms with van der Waals surface area (Å²) in [5.74, 6) is -0.313. The predicted octanol–water partition coefficient (Wildman–Crippen LogP) is 4.46. The average molecular weight is 458 g/mol. The number of ether oxygens (including phenoxy) is 1. The highest BCUT2D eigenvalue weighted by Gasteiger charge is 2.34. The monoisotopic (exact) mass is 457 g/mol. The Balaban J connectivity index is 1.73. The van der Waals surface area contributed by atoms with Crippen molar-refractivity contribution in [2.75, 3.05) is 17.7 Å². The number of carbonyl (C=O) groups excluding carboxylic acids is 1. The molecule has 158 valence electrons. The molecule has 0 saturated carbocycles. The van der Waals surface area contributed by atoms with E-state index in [2.05, 4.69) is 20.8 Å². The maximum Gasteiger partial charge on any atom is 0.418 e. The zero-order chi connectivity index (χ0) is 21.7. The van der Waals surface area contributed by atoms with Gasteiger partial charge in [-0.1, -0.05) is 35.5 Å². The van der Waals surface area contributed by atoms with E-state index >= 15 is 0 Å². The molecule has 3 aromatic rings. The Morgan fingerprint density at radius 1 is 1.27 bits per heavy atom. The van der Waals surface area contributed by atoms with E-state index in [0.29, 0.717) is 18.0 Å². The Morgan fingerprint density at radius 3 is 2.77 bits per heavy atom. The molecular formula is C18H15ClF3N5O2S. The lowest BCUT2D eigenvalue weighted by Gasteiger charge is -2.14. The number of para-hydroxylation sites is 2. The van der Waals surface area contributed by atoms with E-state index in [1.165, 1.54) is 10.7 Å². The molecule has 1 aromatic heterocycles. The molecule has 0 radical (unpaired) electrons. The standard InChI is InChI=1S/C18H15ClF3N5O2S/c1-2-29-15-6-4-3-5-14(15)27-17(24-25-26-27)30-10-16(28)23-13-8-7-11(19)9-12(13)18(20,21)22/h3-9H,2,10H2,1H3,(H,23,28). The summed E-state index contributed by atoms with van der Waals surface area (Å²) < 4.78 is 46.5. The number of aromatic nitrogens is 4. The average Bonchev–Trinajstić information content (AvgIpc) is 3.16. The molecule has 3 rings (SSSR count). The van der Waals surface area contributed by atoms with Crippen LogP contribution in [0.5, 0.6) is 5.75 Å². The molecule has 0 saturated heterocycles. The van der Waals surface area contributed by atoms with Crippen LogP contribution < -0.4 is 10.1 Å². The fraction of sp³-hybridized carbons (Fsp3) is 0.222. The fourth-order valence-electron chi connectivity index (χ4n) is 2.51. The third kappa shape index (κ3) is 5.22. The fourth-order valence-corrected chi connectivity index (χ4v) is 3.36. The first-order valence-electron chi connectivity index (χ1n) is 8.59. The molecule has 1 N–H and O–H groups in total. The number of alkyl halides is 3. The van der Waals surface area contributed by atoms with E-state index in [-0.39, 0.29) is 21.6 Å². The van der Waals surface area contributed by atoms with Crippen molar-refractivity contribution in [1.82, 2.24) is 20.2 Å². The minimum absolute atomic E-state index is 0.0816. The zero-order valence-corrected chi connectivity index (χ0v) is 17.1. The number of tetrazole rings is 1. The number of nitrogens with zero attached hydrogens (tertiary/aromatic N) is 4. The van der Waals surface area contributed by atoms with Gasteiger partial charge in [-0.25, -0.2) is 0 Å². The van der Waals surface area contributed by atoms with Crippen LogP contribution in [-0.2, 0) is 11.0 Å². The van der Waals surface area contributed by atoms with Crippen LogP contribution >= 0.6 is 23.4 Å². The third-order valence-electron chi connectivity index (χ3n) is 3.73. The minimum Gasteiger partial charge on any atom is -0.492 e. The number of thioether (sulfide) groups is 1. The molecule has 30 heavy (non-hydrogen) atoms. The van der Waals surface area contributed by atoms with E-state index in [0.717, 1.165) is 23.9 Å². The molecule has 0 aliphatic heterocycles. The summed E-state index contributed by atoms with van der Waals surface area (Å²) in [5, 5.41) is 13.8. The van der Waals surface area contributed by atoms with E-state index < -0.39 is 17.6 Å². The van der Waals surface area contributed by atoms with Gasteiger partial charge in [0.15, 0.2) is 0 Å². The molecular weight excluding hydrogens is 443 g/mol. The quantitative estimate of drug-likeness (QED) is 0.527. The van der Waals surface area contributed by atoms with E-state index in [4.69, 9.17) is 16.3 Å². The number of carbonyl (C=O) groups is 1. The van der Waals surface area contributed by atoms with Gasteiger partial charge in [0.05, 0.1) is 23.6 Å². The third-order valence-corrected chi connectivity index (χ3v) is 4.88. The lowest BCUT2D eigenvalue weighted by atomic mass is 10.1. The highest BCUT2D eigenvalue weighted by Crippen LogP contribution is 2.36. The summed E-state index contributed by atoms with van der Waals surface area (Å²) >= 11 is 6.62. The number of hydrogen-bond acceptors (Lipinski definition) is 6. The second-order valence-electron chi connectivity index (χ2n) is 5.80. The van der Waals surface area contributed by atoms with E-state index in [9.17, 15) is 18.0 Å². The van der Waals surface area contributed by atoms with Gasteiger partial charge in [-0.2, -0.15) is 17.9 Å². The van der Waals surface area contributed by atoms with Gasteiger partial charge in [0, 0.05) is 5.02 Å². The second-order valence-corrected chi connectivity index (χ2v) is 7.18. The van der Waals surface area contributed by atoms with Crippen LogP contribution in [-0.4, -0.2) is 38.5 Å². The first-order chi connectivity index (χ1) is 14.3. The van der Waals surface area contributed by atoms with Crippen molar-refractivity contribution in [2.45, 2.75) is 18.3 Å². The molecule has 0 aliphatic rings. The molecule has 0 bridgehead atoms. The normalized spacial score (nSPS) is 11.4. The Bertz CT molecular complexity index is 1040. The van der Waals surface area contributed by atoms with Gasteiger partial charge in [0.2, 0.25) is 11.1 Å². The van der Waals surface area contributed by atoms with Crippen LogP contribution in [0.4, 0.5) is 18.9 Å². The van der Waals surface area contributed by atoms with Crippen molar-refractivity contribution >= 4 is 35.0 Å². The van der Waals surface area contributed by atoms with Gasteiger partial charge in [-0.05, 0) is 47.7 Å². The van der Waals surface area contributed by atoms with Crippen LogP contribution in [0.1, 0.15) is 12.5 Å². The van der Waals surface area contributed by atoms with Crippen LogP contribution in [0.15, 0.2) is 47.6 Å². The van der Waals surface area contributed by atoms with Gasteiger partial charge >= 0.3 is 6.18 Å². The number of amides is 1. The minimum atomic E-state index is -4.66. The van der Waals surface area contributed by atoms with Crippen molar-refractivity contribution in [3.05, 3.63) is 53.1 Å². The van der Waals surface area contributed by atoms with Crippen molar-refractivity contribution in [1.29, 1.82) is 0 Å². The molecule has 0 spiro atoms. The Labute approximate surface area is 178 Å². The van der Waals surface area contributed by atoms with Gasteiger partial charge in [-0.15, -0.1) is 5.10 Å². The summed E-state index contributed by atoms with van der Waals surface area (Å²) in [5.41, 5.74) is -0.827. The Kier molecular flexibility index (Phi) is 6.83. The summed E-state index contributed by atoms with van der Waals surface area (Å²) in [6.45, 7) is 2.27. The summed E-state index contributed by atoms with van der Waals surface area (Å²) in [6, 6.07) is 10.2. The summed E-state index contributed by atoms with van der Waals surface area (Å²) in [6.07, 6.45) is -4.66. The number of anilines is 1. The number of rotatable bonds is 7. The second kappa shape index (κ2) is 9.35. The maximum atomic E-state index is 13.2. The molecule has 0 aliphatic carbocycles. The van der Waals surface area contributed by atoms with Crippen LogP contribution in [0, 0.1) is 0 Å². The van der Waals surface area contributed by atoms with Crippen molar-refractivity contribution in [3.8, 4) is 11.4 Å². The topological polar surface area (TPSA) is 81.9 Å². The van der Waals surface area contributed by atoms with Gasteiger partial charge in [0.1, 0.15) is 11.4 Å². The number of hydrogen-bond donors (Lipinski definition) is 1. The van der Waals surface area contributed by atoms with Gasteiger partial charge < -0.3 is 10.1 Å². The maximum absolute atomic E-state index is 13.2. The molecule has 2 aromatic carbocycles. The summed E-state index contributed by atoms with van der Waals surface area (Å²) in [4.78, 5) is 12.3. The van der Waals surface area contributed by atoms with Gasteiger partial charge in [0.25, 0.3) is 0 Å². The van der Waals surface area contributed by atoms with Crippen molar-refractivity contribution < 1.29 is 22.7 Å². The Morgan fingerprint density at radius 2 is 2.03 bits per heavy atom. The van der Waals surface area contributed by atoms with Crippen LogP contribution in [0.3, 0.4) is 0 Å². The SMILES string of the molecule is CCOc1ccccc1-n1nnnc1SCC(=O)Nc1ccc(Cl)cc1C(F)(F)F. The van der Waals surface area contributed by atoms with E-state index in [1.54, 1.807) is 24.3 Å². The number of benzene rings is 2. The highest BCUT2D eigenvalue weighted by molar-refractivity contribution is 7.99. The molecule has 1 heterocycles. The molecule has 0 atom stereocenters. The lowest BCUT2D eigenvalue weighted by Crippen LogP contribution is -2.18. The number of nitrogens with one attached hydrogen (secondary N) is 1. The zero-order valence-electron chi connectivity index (χ0n) is 15.5. The smallest absolute Gasteiger partial charge is 0.418 e.